The zero-order valence-corrected chi connectivity index (χ0v) is 13.6. The van der Waals surface area contributed by atoms with E-state index >= 15 is 0 Å². The van der Waals surface area contributed by atoms with Crippen LogP contribution in [0.3, 0.4) is 0 Å². The van der Waals surface area contributed by atoms with Gasteiger partial charge >= 0.3 is 0 Å². The van der Waals surface area contributed by atoms with E-state index in [0.717, 1.165) is 17.5 Å². The van der Waals surface area contributed by atoms with Crippen LogP contribution in [0.4, 0.5) is 0 Å². The molecule has 0 saturated heterocycles. The van der Waals surface area contributed by atoms with Crippen molar-refractivity contribution in [3.8, 4) is 0 Å². The SMILES string of the molecule is CCC(C)CN(C)S(=O)(=O)c1cccc(CCl)c1C. The monoisotopic (exact) mass is 303 g/mol. The molecule has 0 heterocycles. The van der Waals surface area contributed by atoms with Crippen molar-refractivity contribution in [1.29, 1.82) is 0 Å². The van der Waals surface area contributed by atoms with E-state index < -0.39 is 10.0 Å². The van der Waals surface area contributed by atoms with E-state index in [1.165, 1.54) is 4.31 Å². The minimum atomic E-state index is -3.43. The Balaban J connectivity index is 3.13. The Bertz CT molecular complexity index is 528. The molecule has 19 heavy (non-hydrogen) atoms. The molecule has 0 spiro atoms. The minimum Gasteiger partial charge on any atom is -0.207 e. The predicted octanol–water partition coefficient (Wildman–Crippen LogP) is 3.40. The van der Waals surface area contributed by atoms with E-state index in [1.54, 1.807) is 19.2 Å². The highest BCUT2D eigenvalue weighted by Gasteiger charge is 2.24. The number of sulfonamides is 1. The maximum absolute atomic E-state index is 12.6. The van der Waals surface area contributed by atoms with Crippen LogP contribution in [0.15, 0.2) is 23.1 Å². The van der Waals surface area contributed by atoms with Gasteiger partial charge in [0.15, 0.2) is 0 Å². The highest BCUT2D eigenvalue weighted by molar-refractivity contribution is 7.89. The summed E-state index contributed by atoms with van der Waals surface area (Å²) >= 11 is 5.83. The fraction of sp³-hybridized carbons (Fsp3) is 0.571. The molecule has 0 radical (unpaired) electrons. The van der Waals surface area contributed by atoms with Crippen LogP contribution >= 0.6 is 11.6 Å². The molecule has 0 fully saturated rings. The molecular weight excluding hydrogens is 282 g/mol. The summed E-state index contributed by atoms with van der Waals surface area (Å²) in [5.41, 5.74) is 1.60. The van der Waals surface area contributed by atoms with Gasteiger partial charge in [-0.15, -0.1) is 11.6 Å². The van der Waals surface area contributed by atoms with Crippen LogP contribution in [0, 0.1) is 12.8 Å². The second kappa shape index (κ2) is 6.73. The average molecular weight is 304 g/mol. The van der Waals surface area contributed by atoms with Crippen LogP contribution in [-0.4, -0.2) is 26.3 Å². The summed E-state index contributed by atoms with van der Waals surface area (Å²) in [5.74, 6) is 0.667. The van der Waals surface area contributed by atoms with Crippen molar-refractivity contribution in [2.45, 2.75) is 38.0 Å². The van der Waals surface area contributed by atoms with Gasteiger partial charge in [-0.2, -0.15) is 0 Å². The molecule has 0 aromatic heterocycles. The van der Waals surface area contributed by atoms with Crippen LogP contribution in [0.2, 0.25) is 0 Å². The summed E-state index contributed by atoms with van der Waals surface area (Å²) in [6.07, 6.45) is 0.959. The van der Waals surface area contributed by atoms with Gasteiger partial charge < -0.3 is 0 Å². The third-order valence-electron chi connectivity index (χ3n) is 3.49. The van der Waals surface area contributed by atoms with Crippen molar-refractivity contribution >= 4 is 21.6 Å². The fourth-order valence-electron chi connectivity index (χ4n) is 1.92. The molecule has 1 rings (SSSR count). The number of alkyl halides is 1. The standard InChI is InChI=1S/C14H22ClNO2S/c1-5-11(2)10-16(4)19(17,18)14-8-6-7-13(9-15)12(14)3/h6-8,11H,5,9-10H2,1-4H3. The van der Waals surface area contributed by atoms with E-state index in [4.69, 9.17) is 11.6 Å². The Morgan fingerprint density at radius 1 is 1.37 bits per heavy atom. The van der Waals surface area contributed by atoms with E-state index in [2.05, 4.69) is 6.92 Å². The molecule has 0 amide bonds. The van der Waals surface area contributed by atoms with Gasteiger partial charge in [-0.3, -0.25) is 0 Å². The van der Waals surface area contributed by atoms with Crippen molar-refractivity contribution in [3.05, 3.63) is 29.3 Å². The molecule has 0 aliphatic heterocycles. The normalized spacial score (nSPS) is 13.8. The quantitative estimate of drug-likeness (QED) is 0.755. The molecular formula is C14H22ClNO2S. The summed E-state index contributed by atoms with van der Waals surface area (Å²) in [5, 5.41) is 0. The van der Waals surface area contributed by atoms with Gasteiger partial charge in [0.1, 0.15) is 0 Å². The third-order valence-corrected chi connectivity index (χ3v) is 5.75. The van der Waals surface area contributed by atoms with Gasteiger partial charge in [0.25, 0.3) is 0 Å². The first-order chi connectivity index (χ1) is 8.84. The van der Waals surface area contributed by atoms with Gasteiger partial charge in [0.05, 0.1) is 4.90 Å². The second-order valence-corrected chi connectivity index (χ2v) is 7.25. The first-order valence-corrected chi connectivity index (χ1v) is 8.42. The number of hydrogen-bond acceptors (Lipinski definition) is 2. The lowest BCUT2D eigenvalue weighted by molar-refractivity contribution is 0.393. The van der Waals surface area contributed by atoms with Gasteiger partial charge in [-0.25, -0.2) is 12.7 Å². The molecule has 1 aromatic carbocycles. The maximum atomic E-state index is 12.6. The molecule has 0 aliphatic carbocycles. The number of halogens is 1. The molecule has 5 heteroatoms. The Hall–Kier alpha value is -0.580. The van der Waals surface area contributed by atoms with Crippen molar-refractivity contribution in [3.63, 3.8) is 0 Å². The van der Waals surface area contributed by atoms with Crippen molar-refractivity contribution < 1.29 is 8.42 Å². The summed E-state index contributed by atoms with van der Waals surface area (Å²) in [4.78, 5) is 0.358. The molecule has 0 N–H and O–H groups in total. The van der Waals surface area contributed by atoms with E-state index in [1.807, 2.05) is 19.9 Å². The Labute approximate surface area is 121 Å². The molecule has 108 valence electrons. The lowest BCUT2D eigenvalue weighted by atomic mass is 10.1. The number of hydrogen-bond donors (Lipinski definition) is 0. The zero-order chi connectivity index (χ0) is 14.6. The lowest BCUT2D eigenvalue weighted by Crippen LogP contribution is -2.31. The Morgan fingerprint density at radius 3 is 2.53 bits per heavy atom. The highest BCUT2D eigenvalue weighted by atomic mass is 35.5. The van der Waals surface area contributed by atoms with Crippen LogP contribution < -0.4 is 0 Å². The molecule has 1 aromatic rings. The largest absolute Gasteiger partial charge is 0.243 e. The van der Waals surface area contributed by atoms with Gasteiger partial charge in [0, 0.05) is 19.5 Å². The van der Waals surface area contributed by atoms with Crippen LogP contribution in [0.1, 0.15) is 31.4 Å². The summed E-state index contributed by atoms with van der Waals surface area (Å²) < 4.78 is 26.5. The Kier molecular flexibility index (Phi) is 5.83. The molecule has 0 aliphatic rings. The molecule has 0 saturated carbocycles. The number of benzene rings is 1. The van der Waals surface area contributed by atoms with Crippen molar-refractivity contribution in [1.82, 2.24) is 4.31 Å². The maximum Gasteiger partial charge on any atom is 0.243 e. The zero-order valence-electron chi connectivity index (χ0n) is 12.0. The lowest BCUT2D eigenvalue weighted by Gasteiger charge is -2.22. The topological polar surface area (TPSA) is 37.4 Å². The predicted molar refractivity (Wildman–Crippen MR) is 80.0 cm³/mol. The van der Waals surface area contributed by atoms with E-state index in [0.29, 0.717) is 23.2 Å². The molecule has 3 nitrogen and oxygen atoms in total. The molecule has 1 atom stereocenters. The van der Waals surface area contributed by atoms with Gasteiger partial charge in [-0.1, -0.05) is 32.4 Å². The van der Waals surface area contributed by atoms with Gasteiger partial charge in [-0.05, 0) is 30.0 Å². The molecule has 0 bridgehead atoms. The van der Waals surface area contributed by atoms with Crippen LogP contribution in [-0.2, 0) is 15.9 Å². The first-order valence-electron chi connectivity index (χ1n) is 6.45. The highest BCUT2D eigenvalue weighted by Crippen LogP contribution is 2.23. The van der Waals surface area contributed by atoms with E-state index in [9.17, 15) is 8.42 Å². The van der Waals surface area contributed by atoms with Crippen LogP contribution in [0.25, 0.3) is 0 Å². The summed E-state index contributed by atoms with van der Waals surface area (Å²) in [7, 11) is -1.80. The number of rotatable bonds is 6. The average Bonchev–Trinajstić information content (AvgIpc) is 2.38. The van der Waals surface area contributed by atoms with Gasteiger partial charge in [0.2, 0.25) is 10.0 Å². The smallest absolute Gasteiger partial charge is 0.207 e. The third kappa shape index (κ3) is 3.71. The number of nitrogens with zero attached hydrogens (tertiary/aromatic N) is 1. The van der Waals surface area contributed by atoms with Crippen molar-refractivity contribution in [2.75, 3.05) is 13.6 Å². The Morgan fingerprint density at radius 2 is 2.00 bits per heavy atom. The van der Waals surface area contributed by atoms with E-state index in [-0.39, 0.29) is 0 Å². The van der Waals surface area contributed by atoms with Crippen LogP contribution in [0.5, 0.6) is 0 Å². The first kappa shape index (κ1) is 16.5. The van der Waals surface area contributed by atoms with Crippen molar-refractivity contribution in [2.24, 2.45) is 5.92 Å². The minimum absolute atomic E-state index is 0.324. The molecule has 1 unspecified atom stereocenters. The summed E-state index contributed by atoms with van der Waals surface area (Å²) in [6, 6.07) is 5.25. The second-order valence-electron chi connectivity index (χ2n) is 4.97. The summed E-state index contributed by atoms with van der Waals surface area (Å²) in [6.45, 7) is 6.45. The fourth-order valence-corrected chi connectivity index (χ4v) is 3.76.